The van der Waals surface area contributed by atoms with E-state index in [9.17, 15) is 0 Å². The van der Waals surface area contributed by atoms with Gasteiger partial charge in [-0.25, -0.2) is 0 Å². The Kier molecular flexibility index (Phi) is 5.43. The van der Waals surface area contributed by atoms with E-state index in [1.54, 1.807) is 0 Å². The second kappa shape index (κ2) is 7.12. The van der Waals surface area contributed by atoms with Crippen LogP contribution in [0.5, 0.6) is 0 Å². The van der Waals surface area contributed by atoms with Crippen LogP contribution in [0.15, 0.2) is 36.4 Å². The Morgan fingerprint density at radius 2 is 1.73 bits per heavy atom. The highest BCUT2D eigenvalue weighted by Crippen LogP contribution is 2.27. The van der Waals surface area contributed by atoms with Gasteiger partial charge in [0.2, 0.25) is 0 Å². The van der Waals surface area contributed by atoms with E-state index in [0.717, 1.165) is 23.4 Å². The first-order valence-electron chi connectivity index (χ1n) is 7.21. The van der Waals surface area contributed by atoms with Crippen molar-refractivity contribution in [3.05, 3.63) is 63.7 Å². The average molecular weight is 333 g/mol. The zero-order chi connectivity index (χ0) is 16.3. The number of rotatable bonds is 3. The molecule has 0 amide bonds. The Bertz CT molecular complexity index is 657. The van der Waals surface area contributed by atoms with Crippen LogP contribution < -0.4 is 5.32 Å². The largest absolute Gasteiger partial charge is 0.348 e. The highest BCUT2D eigenvalue weighted by Gasteiger charge is 2.10. The summed E-state index contributed by atoms with van der Waals surface area (Å²) < 4.78 is 0. The van der Waals surface area contributed by atoms with E-state index in [1.807, 2.05) is 31.9 Å². The van der Waals surface area contributed by atoms with E-state index in [0.29, 0.717) is 10.1 Å². The van der Waals surface area contributed by atoms with E-state index in [1.165, 1.54) is 11.1 Å². The maximum atomic E-state index is 6.32. The van der Waals surface area contributed by atoms with Crippen molar-refractivity contribution < 1.29 is 0 Å². The molecule has 0 spiro atoms. The number of nitrogens with one attached hydrogen (secondary N) is 1. The Balaban J connectivity index is 2.07. The molecular weight excluding hydrogens is 312 g/mol. The van der Waals surface area contributed by atoms with Gasteiger partial charge in [0.05, 0.1) is 10.7 Å². The molecule has 2 aromatic carbocycles. The van der Waals surface area contributed by atoms with E-state index in [4.69, 9.17) is 23.8 Å². The zero-order valence-corrected chi connectivity index (χ0v) is 15.0. The molecule has 0 radical (unpaired) electrons. The van der Waals surface area contributed by atoms with Crippen molar-refractivity contribution in [3.8, 4) is 0 Å². The number of anilines is 1. The average Bonchev–Trinajstić information content (AvgIpc) is 2.45. The normalized spacial score (nSPS) is 10.4. The Labute approximate surface area is 143 Å². The third kappa shape index (κ3) is 4.21. The van der Waals surface area contributed by atoms with Gasteiger partial charge in [0.15, 0.2) is 5.11 Å². The van der Waals surface area contributed by atoms with Crippen LogP contribution in [0, 0.1) is 20.8 Å². The molecule has 0 saturated heterocycles. The zero-order valence-electron chi connectivity index (χ0n) is 13.4. The summed E-state index contributed by atoms with van der Waals surface area (Å²) in [6.07, 6.45) is 0. The van der Waals surface area contributed by atoms with Gasteiger partial charge in [-0.15, -0.1) is 0 Å². The highest BCUT2D eigenvalue weighted by molar-refractivity contribution is 7.80. The van der Waals surface area contributed by atoms with Crippen molar-refractivity contribution in [2.45, 2.75) is 27.3 Å². The van der Waals surface area contributed by atoms with Gasteiger partial charge in [0, 0.05) is 13.6 Å². The van der Waals surface area contributed by atoms with E-state index in [-0.39, 0.29) is 0 Å². The van der Waals surface area contributed by atoms with Crippen LogP contribution in [-0.4, -0.2) is 17.1 Å². The number of aryl methyl sites for hydroxylation is 3. The van der Waals surface area contributed by atoms with Crippen molar-refractivity contribution in [2.75, 3.05) is 12.4 Å². The first-order chi connectivity index (χ1) is 10.4. The van der Waals surface area contributed by atoms with Crippen LogP contribution in [0.3, 0.4) is 0 Å². The van der Waals surface area contributed by atoms with Gasteiger partial charge in [0.25, 0.3) is 0 Å². The highest BCUT2D eigenvalue weighted by atomic mass is 35.5. The fourth-order valence-corrected chi connectivity index (χ4v) is 2.85. The van der Waals surface area contributed by atoms with Crippen molar-refractivity contribution in [3.63, 3.8) is 0 Å². The molecule has 1 N–H and O–H groups in total. The van der Waals surface area contributed by atoms with Gasteiger partial charge < -0.3 is 10.2 Å². The molecule has 2 nitrogen and oxygen atoms in total. The lowest BCUT2D eigenvalue weighted by atomic mass is 10.1. The molecule has 0 aliphatic heterocycles. The molecule has 0 unspecified atom stereocenters. The molecular formula is C18H21ClN2S. The molecule has 116 valence electrons. The quantitative estimate of drug-likeness (QED) is 0.788. The molecule has 0 atom stereocenters. The number of hydrogen-bond donors (Lipinski definition) is 1. The summed E-state index contributed by atoms with van der Waals surface area (Å²) in [5.41, 5.74) is 5.61. The fourth-order valence-electron chi connectivity index (χ4n) is 2.32. The van der Waals surface area contributed by atoms with Crippen LogP contribution in [0.1, 0.15) is 22.3 Å². The summed E-state index contributed by atoms with van der Waals surface area (Å²) in [5, 5.41) is 4.62. The lowest BCUT2D eigenvalue weighted by Gasteiger charge is -2.22. The van der Waals surface area contributed by atoms with Crippen molar-refractivity contribution in [2.24, 2.45) is 0 Å². The summed E-state index contributed by atoms with van der Waals surface area (Å²) in [7, 11) is 1.98. The minimum absolute atomic E-state index is 0.662. The maximum absolute atomic E-state index is 6.32. The minimum Gasteiger partial charge on any atom is -0.348 e. The molecule has 2 rings (SSSR count). The second-order valence-corrected chi connectivity index (χ2v) is 6.50. The molecule has 0 aliphatic rings. The number of nitrogens with zero attached hydrogens (tertiary/aromatic N) is 1. The predicted octanol–water partition coefficient (Wildman–Crippen LogP) is 5.09. The Hall–Kier alpha value is -1.58. The first-order valence-corrected chi connectivity index (χ1v) is 8.00. The second-order valence-electron chi connectivity index (χ2n) is 5.71. The number of hydrogen-bond acceptors (Lipinski definition) is 1. The fraction of sp³-hybridized carbons (Fsp3) is 0.278. The van der Waals surface area contributed by atoms with Crippen LogP contribution in [0.2, 0.25) is 5.02 Å². The lowest BCUT2D eigenvalue weighted by molar-refractivity contribution is 0.508. The standard InChI is InChI=1S/C18H21ClN2S/c1-12-5-7-15(8-6-12)11-21(4)18(22)20-17-14(3)9-13(2)10-16(17)19/h5-10H,11H2,1-4H3,(H,20,22). The molecule has 22 heavy (non-hydrogen) atoms. The van der Waals surface area contributed by atoms with Gasteiger partial charge >= 0.3 is 0 Å². The molecule has 0 aromatic heterocycles. The maximum Gasteiger partial charge on any atom is 0.173 e. The number of thiocarbonyl (C=S) groups is 1. The molecule has 0 fully saturated rings. The van der Waals surface area contributed by atoms with E-state index in [2.05, 4.69) is 42.6 Å². The van der Waals surface area contributed by atoms with Gasteiger partial charge in [-0.3, -0.25) is 0 Å². The van der Waals surface area contributed by atoms with Crippen LogP contribution in [-0.2, 0) is 6.54 Å². The van der Waals surface area contributed by atoms with Crippen LogP contribution >= 0.6 is 23.8 Å². The van der Waals surface area contributed by atoms with Gasteiger partial charge in [-0.05, 0) is 55.7 Å². The summed E-state index contributed by atoms with van der Waals surface area (Å²) >= 11 is 11.8. The van der Waals surface area contributed by atoms with Crippen molar-refractivity contribution >= 4 is 34.6 Å². The first kappa shape index (κ1) is 16.8. The lowest BCUT2D eigenvalue weighted by Crippen LogP contribution is -2.30. The van der Waals surface area contributed by atoms with Gasteiger partial charge in [0.1, 0.15) is 0 Å². The monoisotopic (exact) mass is 332 g/mol. The van der Waals surface area contributed by atoms with Crippen LogP contribution in [0.4, 0.5) is 5.69 Å². The SMILES string of the molecule is Cc1ccc(CN(C)C(=S)Nc2c(C)cc(C)cc2Cl)cc1. The Morgan fingerprint density at radius 3 is 2.32 bits per heavy atom. The molecule has 0 bridgehead atoms. The van der Waals surface area contributed by atoms with Gasteiger partial charge in [-0.2, -0.15) is 0 Å². The summed E-state index contributed by atoms with van der Waals surface area (Å²) in [6.45, 7) is 6.91. The molecule has 0 aliphatic carbocycles. The third-order valence-electron chi connectivity index (χ3n) is 3.55. The molecule has 0 heterocycles. The number of benzene rings is 2. The Morgan fingerprint density at radius 1 is 1.09 bits per heavy atom. The predicted molar refractivity (Wildman–Crippen MR) is 99.8 cm³/mol. The topological polar surface area (TPSA) is 15.3 Å². The van der Waals surface area contributed by atoms with Gasteiger partial charge in [-0.1, -0.05) is 47.5 Å². The third-order valence-corrected chi connectivity index (χ3v) is 4.26. The van der Waals surface area contributed by atoms with E-state index >= 15 is 0 Å². The number of halogens is 1. The summed E-state index contributed by atoms with van der Waals surface area (Å²) in [4.78, 5) is 2.01. The van der Waals surface area contributed by atoms with Crippen molar-refractivity contribution in [1.82, 2.24) is 4.90 Å². The minimum atomic E-state index is 0.662. The molecule has 4 heteroatoms. The smallest absolute Gasteiger partial charge is 0.173 e. The molecule has 2 aromatic rings. The van der Waals surface area contributed by atoms with E-state index < -0.39 is 0 Å². The van der Waals surface area contributed by atoms with Crippen molar-refractivity contribution in [1.29, 1.82) is 0 Å². The molecule has 0 saturated carbocycles. The summed E-state index contributed by atoms with van der Waals surface area (Å²) in [6, 6.07) is 12.5. The van der Waals surface area contributed by atoms with Crippen LogP contribution in [0.25, 0.3) is 0 Å². The summed E-state index contributed by atoms with van der Waals surface area (Å²) in [5.74, 6) is 0.